The number of rotatable bonds is 1. The van der Waals surface area contributed by atoms with Crippen LogP contribution >= 0.6 is 0 Å². The third-order valence-corrected chi connectivity index (χ3v) is 2.58. The maximum atomic E-state index is 12.0. The molecule has 1 aliphatic rings. The van der Waals surface area contributed by atoms with Crippen LogP contribution in [0.5, 0.6) is 5.75 Å². The van der Waals surface area contributed by atoms with Crippen LogP contribution in [0.15, 0.2) is 18.2 Å². The number of alkyl halides is 3. The van der Waals surface area contributed by atoms with E-state index in [4.69, 9.17) is 5.26 Å². The summed E-state index contributed by atoms with van der Waals surface area (Å²) in [5, 5.41) is 8.81. The van der Waals surface area contributed by atoms with E-state index in [1.165, 1.54) is 18.2 Å². The van der Waals surface area contributed by atoms with E-state index in [-0.39, 0.29) is 11.7 Å². The van der Waals surface area contributed by atoms with Crippen LogP contribution in [0.2, 0.25) is 0 Å². The van der Waals surface area contributed by atoms with E-state index in [1.807, 2.05) is 0 Å². The van der Waals surface area contributed by atoms with Gasteiger partial charge >= 0.3 is 6.36 Å². The maximum absolute atomic E-state index is 12.0. The molecule has 1 atom stereocenters. The topological polar surface area (TPSA) is 33.0 Å². The maximum Gasteiger partial charge on any atom is 0.573 e. The van der Waals surface area contributed by atoms with Crippen LogP contribution in [0, 0.1) is 11.3 Å². The lowest BCUT2D eigenvalue weighted by atomic mass is 10.0. The van der Waals surface area contributed by atoms with Crippen LogP contribution in [0.4, 0.5) is 13.2 Å². The molecule has 1 aromatic carbocycles. The molecule has 0 heterocycles. The standard InChI is InChI=1S/C11H8F3NO/c12-11(13,14)16-9-3-4-10-7(5-9)1-2-8(10)6-15/h3-5,8H,1-2H2. The summed E-state index contributed by atoms with van der Waals surface area (Å²) in [5.41, 5.74) is 1.59. The first-order valence-corrected chi connectivity index (χ1v) is 4.78. The van der Waals surface area contributed by atoms with Gasteiger partial charge in [-0.05, 0) is 36.1 Å². The lowest BCUT2D eigenvalue weighted by Gasteiger charge is -2.10. The van der Waals surface area contributed by atoms with Gasteiger partial charge in [-0.3, -0.25) is 0 Å². The van der Waals surface area contributed by atoms with E-state index in [2.05, 4.69) is 10.8 Å². The van der Waals surface area contributed by atoms with Crippen LogP contribution in [0.1, 0.15) is 23.5 Å². The molecule has 5 heteroatoms. The third-order valence-electron chi connectivity index (χ3n) is 2.58. The van der Waals surface area contributed by atoms with Crippen molar-refractivity contribution < 1.29 is 17.9 Å². The summed E-state index contributed by atoms with van der Waals surface area (Å²) in [4.78, 5) is 0. The molecule has 0 fully saturated rings. The molecule has 0 saturated carbocycles. The second-order valence-electron chi connectivity index (χ2n) is 3.63. The zero-order valence-corrected chi connectivity index (χ0v) is 8.21. The predicted octanol–water partition coefficient (Wildman–Crippen LogP) is 3.14. The van der Waals surface area contributed by atoms with Crippen molar-refractivity contribution in [3.8, 4) is 11.8 Å². The van der Waals surface area contributed by atoms with Crippen molar-refractivity contribution in [3.05, 3.63) is 29.3 Å². The van der Waals surface area contributed by atoms with E-state index in [0.29, 0.717) is 12.8 Å². The first-order valence-electron chi connectivity index (χ1n) is 4.78. The molecule has 0 saturated heterocycles. The summed E-state index contributed by atoms with van der Waals surface area (Å²) in [5.74, 6) is -0.417. The Bertz CT molecular complexity index is 448. The lowest BCUT2D eigenvalue weighted by Crippen LogP contribution is -2.17. The minimum Gasteiger partial charge on any atom is -0.406 e. The summed E-state index contributed by atoms with van der Waals surface area (Å²) >= 11 is 0. The number of hydrogen-bond acceptors (Lipinski definition) is 2. The molecular formula is C11H8F3NO. The molecule has 2 rings (SSSR count). The Morgan fingerprint density at radius 1 is 1.38 bits per heavy atom. The van der Waals surface area contributed by atoms with Gasteiger partial charge in [0, 0.05) is 0 Å². The molecular weight excluding hydrogens is 219 g/mol. The van der Waals surface area contributed by atoms with Crippen molar-refractivity contribution in [2.45, 2.75) is 25.1 Å². The van der Waals surface area contributed by atoms with Gasteiger partial charge in [-0.15, -0.1) is 13.2 Å². The van der Waals surface area contributed by atoms with E-state index in [9.17, 15) is 13.2 Å². The Kier molecular flexibility index (Phi) is 2.50. The minimum absolute atomic E-state index is 0.199. The van der Waals surface area contributed by atoms with Crippen LogP contribution in [0.3, 0.4) is 0 Å². The molecule has 0 aliphatic heterocycles. The van der Waals surface area contributed by atoms with Crippen LogP contribution in [0.25, 0.3) is 0 Å². The summed E-state index contributed by atoms with van der Waals surface area (Å²) in [6, 6.07) is 6.28. The number of nitrogens with zero attached hydrogens (tertiary/aromatic N) is 1. The summed E-state index contributed by atoms with van der Waals surface area (Å²) < 4.78 is 39.7. The molecule has 1 aliphatic carbocycles. The molecule has 1 unspecified atom stereocenters. The van der Waals surface area contributed by atoms with Gasteiger partial charge in [0.05, 0.1) is 12.0 Å². The highest BCUT2D eigenvalue weighted by Gasteiger charge is 2.32. The highest BCUT2D eigenvalue weighted by Crippen LogP contribution is 2.35. The fraction of sp³-hybridized carbons (Fsp3) is 0.364. The van der Waals surface area contributed by atoms with Gasteiger partial charge in [0.15, 0.2) is 0 Å². The van der Waals surface area contributed by atoms with E-state index in [0.717, 1.165) is 11.1 Å². The second-order valence-corrected chi connectivity index (χ2v) is 3.63. The summed E-state index contributed by atoms with van der Waals surface area (Å²) in [6.07, 6.45) is -3.37. The zero-order valence-electron chi connectivity index (χ0n) is 8.21. The van der Waals surface area contributed by atoms with Crippen LogP contribution in [-0.2, 0) is 6.42 Å². The van der Waals surface area contributed by atoms with Gasteiger partial charge in [0.2, 0.25) is 0 Å². The number of ether oxygens (including phenoxy) is 1. The monoisotopic (exact) mass is 227 g/mol. The van der Waals surface area contributed by atoms with Gasteiger partial charge < -0.3 is 4.74 Å². The van der Waals surface area contributed by atoms with Gasteiger partial charge in [-0.2, -0.15) is 5.26 Å². The van der Waals surface area contributed by atoms with E-state index in [1.54, 1.807) is 0 Å². The highest BCUT2D eigenvalue weighted by molar-refractivity contribution is 5.43. The number of nitriles is 1. The third kappa shape index (κ3) is 2.11. The second kappa shape index (κ2) is 3.71. The Morgan fingerprint density at radius 3 is 2.75 bits per heavy atom. The van der Waals surface area contributed by atoms with Gasteiger partial charge in [0.25, 0.3) is 0 Å². The van der Waals surface area contributed by atoms with Crippen LogP contribution in [-0.4, -0.2) is 6.36 Å². The largest absolute Gasteiger partial charge is 0.573 e. The van der Waals surface area contributed by atoms with Crippen LogP contribution < -0.4 is 4.74 Å². The Morgan fingerprint density at radius 2 is 2.12 bits per heavy atom. The molecule has 0 aromatic heterocycles. The van der Waals surface area contributed by atoms with Crippen molar-refractivity contribution in [2.24, 2.45) is 0 Å². The molecule has 0 N–H and O–H groups in total. The van der Waals surface area contributed by atoms with E-state index >= 15 is 0 Å². The smallest absolute Gasteiger partial charge is 0.406 e. The number of aryl methyl sites for hydroxylation is 1. The Labute approximate surface area is 90.3 Å². The van der Waals surface area contributed by atoms with Crippen molar-refractivity contribution in [1.82, 2.24) is 0 Å². The van der Waals surface area contributed by atoms with E-state index < -0.39 is 6.36 Å². The molecule has 0 amide bonds. The molecule has 16 heavy (non-hydrogen) atoms. The molecule has 84 valence electrons. The fourth-order valence-electron chi connectivity index (χ4n) is 1.93. The van der Waals surface area contributed by atoms with Crippen molar-refractivity contribution >= 4 is 0 Å². The normalized spacial score (nSPS) is 19.0. The number of halogens is 3. The van der Waals surface area contributed by atoms with Crippen molar-refractivity contribution in [2.75, 3.05) is 0 Å². The predicted molar refractivity (Wildman–Crippen MR) is 49.8 cm³/mol. The quantitative estimate of drug-likeness (QED) is 0.738. The lowest BCUT2D eigenvalue weighted by molar-refractivity contribution is -0.274. The number of benzene rings is 1. The zero-order chi connectivity index (χ0) is 11.8. The van der Waals surface area contributed by atoms with Gasteiger partial charge in [0.1, 0.15) is 5.75 Å². The molecule has 0 bridgehead atoms. The first-order chi connectivity index (χ1) is 7.49. The number of hydrogen-bond donors (Lipinski definition) is 0. The number of fused-ring (bicyclic) bond motifs is 1. The average molecular weight is 227 g/mol. The van der Waals surface area contributed by atoms with Crippen molar-refractivity contribution in [1.29, 1.82) is 5.26 Å². The van der Waals surface area contributed by atoms with Gasteiger partial charge in [-0.25, -0.2) is 0 Å². The fourth-order valence-corrected chi connectivity index (χ4v) is 1.93. The van der Waals surface area contributed by atoms with Crippen molar-refractivity contribution in [3.63, 3.8) is 0 Å². The SMILES string of the molecule is N#CC1CCc2cc(OC(F)(F)F)ccc21. The summed E-state index contributed by atoms with van der Waals surface area (Å²) in [7, 11) is 0. The summed E-state index contributed by atoms with van der Waals surface area (Å²) in [6.45, 7) is 0. The Balaban J connectivity index is 2.26. The molecule has 2 nitrogen and oxygen atoms in total. The molecule has 1 aromatic rings. The molecule has 0 radical (unpaired) electrons. The Hall–Kier alpha value is -1.70. The minimum atomic E-state index is -4.67. The van der Waals surface area contributed by atoms with Gasteiger partial charge in [-0.1, -0.05) is 6.07 Å². The average Bonchev–Trinajstić information content (AvgIpc) is 2.57. The first kappa shape index (κ1) is 10.8. The highest BCUT2D eigenvalue weighted by atomic mass is 19.4. The molecule has 0 spiro atoms.